The molecule has 6 nitrogen and oxygen atoms in total. The summed E-state index contributed by atoms with van der Waals surface area (Å²) in [7, 11) is 1.33. The zero-order chi connectivity index (χ0) is 19.7. The van der Waals surface area contributed by atoms with Crippen LogP contribution in [0.5, 0.6) is 0 Å². The van der Waals surface area contributed by atoms with Gasteiger partial charge in [-0.2, -0.15) is 0 Å². The number of aryl methyl sites for hydroxylation is 1. The molecule has 2 heterocycles. The number of carbonyl (C=O) groups is 1. The molecule has 0 unspecified atom stereocenters. The highest BCUT2D eigenvalue weighted by atomic mass is 16.5. The predicted octanol–water partition coefficient (Wildman–Crippen LogP) is 4.39. The fourth-order valence-electron chi connectivity index (χ4n) is 3.54. The second-order valence-corrected chi connectivity index (χ2v) is 6.50. The third kappa shape index (κ3) is 2.97. The van der Waals surface area contributed by atoms with Crippen LogP contribution in [0.1, 0.15) is 18.2 Å². The van der Waals surface area contributed by atoms with E-state index in [-0.39, 0.29) is 6.61 Å². The van der Waals surface area contributed by atoms with Crippen LogP contribution >= 0.6 is 0 Å². The van der Waals surface area contributed by atoms with Gasteiger partial charge in [-0.1, -0.05) is 37.3 Å². The summed E-state index contributed by atoms with van der Waals surface area (Å²) in [6.45, 7) is 1.98. The minimum absolute atomic E-state index is 0.125. The highest BCUT2D eigenvalue weighted by molar-refractivity contribution is 5.99. The lowest BCUT2D eigenvalue weighted by Crippen LogP contribution is -2.10. The second kappa shape index (κ2) is 7.32. The lowest BCUT2D eigenvalue weighted by atomic mass is 10.0. The number of aliphatic hydroxyl groups is 1. The molecule has 0 bridgehead atoms. The second-order valence-electron chi connectivity index (χ2n) is 6.50. The number of rotatable bonds is 4. The van der Waals surface area contributed by atoms with E-state index < -0.39 is 6.09 Å². The lowest BCUT2D eigenvalue weighted by Gasteiger charge is -2.07. The Balaban J connectivity index is 1.97. The summed E-state index contributed by atoms with van der Waals surface area (Å²) in [5, 5.41) is 14.6. The molecule has 2 aromatic carbocycles. The van der Waals surface area contributed by atoms with Gasteiger partial charge in [-0.15, -0.1) is 0 Å². The standard InChI is InChI=1S/C22H21N3O3/c1-3-14-6-4-5-7-17(14)20-19(13-26)25-11-10-15-8-9-16(23-22(27)28-2)12-18(15)21(25)24-20/h4-12,26H,3,13H2,1-2H3,(H,23,27). The summed E-state index contributed by atoms with van der Waals surface area (Å²) in [5.74, 6) is 0. The van der Waals surface area contributed by atoms with Crippen LogP contribution in [0.25, 0.3) is 27.7 Å². The first-order valence-electron chi connectivity index (χ1n) is 9.14. The number of pyridine rings is 1. The topological polar surface area (TPSA) is 75.9 Å². The van der Waals surface area contributed by atoms with Crippen molar-refractivity contribution in [1.29, 1.82) is 0 Å². The number of benzene rings is 2. The molecule has 0 aliphatic rings. The van der Waals surface area contributed by atoms with Gasteiger partial charge in [0.15, 0.2) is 0 Å². The van der Waals surface area contributed by atoms with Gasteiger partial charge in [0.25, 0.3) is 0 Å². The number of anilines is 1. The Morgan fingerprint density at radius 3 is 2.79 bits per heavy atom. The SMILES string of the molecule is CCc1ccccc1-c1nc2c3cc(NC(=O)OC)ccc3ccn2c1CO. The zero-order valence-electron chi connectivity index (χ0n) is 15.8. The Hall–Kier alpha value is -3.38. The molecule has 0 saturated heterocycles. The van der Waals surface area contributed by atoms with E-state index in [9.17, 15) is 9.90 Å². The third-order valence-corrected chi connectivity index (χ3v) is 4.94. The highest BCUT2D eigenvalue weighted by Gasteiger charge is 2.17. The van der Waals surface area contributed by atoms with Crippen molar-refractivity contribution in [1.82, 2.24) is 9.38 Å². The van der Waals surface area contributed by atoms with Crippen molar-refractivity contribution in [3.63, 3.8) is 0 Å². The Labute approximate surface area is 162 Å². The van der Waals surface area contributed by atoms with E-state index in [1.165, 1.54) is 12.7 Å². The molecule has 4 rings (SSSR count). The van der Waals surface area contributed by atoms with Gasteiger partial charge in [0.1, 0.15) is 5.65 Å². The number of carbonyl (C=O) groups excluding carboxylic acids is 1. The number of methoxy groups -OCH3 is 1. The molecule has 0 aliphatic heterocycles. The van der Waals surface area contributed by atoms with E-state index in [2.05, 4.69) is 23.0 Å². The average molecular weight is 375 g/mol. The summed E-state index contributed by atoms with van der Waals surface area (Å²) in [6.07, 6.45) is 2.27. The number of imidazole rings is 1. The van der Waals surface area contributed by atoms with Crippen LogP contribution in [-0.2, 0) is 17.8 Å². The molecule has 0 radical (unpaired) electrons. The predicted molar refractivity (Wildman–Crippen MR) is 109 cm³/mol. The van der Waals surface area contributed by atoms with Gasteiger partial charge >= 0.3 is 6.09 Å². The number of fused-ring (bicyclic) bond motifs is 3. The number of hydrogen-bond acceptors (Lipinski definition) is 4. The maximum Gasteiger partial charge on any atom is 0.411 e. The number of ether oxygens (including phenoxy) is 1. The number of amides is 1. The van der Waals surface area contributed by atoms with Gasteiger partial charge in [0.2, 0.25) is 0 Å². The van der Waals surface area contributed by atoms with Gasteiger partial charge in [0, 0.05) is 22.8 Å². The maximum absolute atomic E-state index is 11.6. The van der Waals surface area contributed by atoms with Crippen LogP contribution in [0.4, 0.5) is 10.5 Å². The summed E-state index contributed by atoms with van der Waals surface area (Å²) >= 11 is 0. The van der Waals surface area contributed by atoms with Crippen LogP contribution < -0.4 is 5.32 Å². The third-order valence-electron chi connectivity index (χ3n) is 4.94. The van der Waals surface area contributed by atoms with Gasteiger partial charge < -0.3 is 14.2 Å². The number of nitrogens with one attached hydrogen (secondary N) is 1. The molecule has 2 N–H and O–H groups in total. The van der Waals surface area contributed by atoms with Crippen LogP contribution in [0.2, 0.25) is 0 Å². The van der Waals surface area contributed by atoms with Crippen LogP contribution in [0, 0.1) is 0 Å². The Morgan fingerprint density at radius 1 is 1.21 bits per heavy atom. The minimum atomic E-state index is -0.525. The molecule has 0 fully saturated rings. The summed E-state index contributed by atoms with van der Waals surface area (Å²) in [4.78, 5) is 16.4. The van der Waals surface area contributed by atoms with Gasteiger partial charge in [-0.3, -0.25) is 5.32 Å². The first kappa shape index (κ1) is 18.0. The molecule has 0 spiro atoms. The molecule has 0 aliphatic carbocycles. The molecule has 1 amide bonds. The van der Waals surface area contributed by atoms with Gasteiger partial charge in [0.05, 0.1) is 25.1 Å². The number of hydrogen-bond donors (Lipinski definition) is 2. The number of nitrogens with zero attached hydrogens (tertiary/aromatic N) is 2. The number of aromatic nitrogens is 2. The van der Waals surface area contributed by atoms with Crippen LogP contribution in [0.15, 0.2) is 54.7 Å². The maximum atomic E-state index is 11.6. The fourth-order valence-corrected chi connectivity index (χ4v) is 3.54. The van der Waals surface area contributed by atoms with E-state index in [4.69, 9.17) is 4.98 Å². The fraction of sp³-hybridized carbons (Fsp3) is 0.182. The molecule has 0 saturated carbocycles. The van der Waals surface area contributed by atoms with Gasteiger partial charge in [-0.05, 0) is 35.6 Å². The highest BCUT2D eigenvalue weighted by Crippen LogP contribution is 2.31. The van der Waals surface area contributed by atoms with Crippen molar-refractivity contribution in [2.24, 2.45) is 0 Å². The monoisotopic (exact) mass is 375 g/mol. The van der Waals surface area contributed by atoms with Gasteiger partial charge in [-0.25, -0.2) is 9.78 Å². The van der Waals surface area contributed by atoms with Crippen LogP contribution in [0.3, 0.4) is 0 Å². The summed E-state index contributed by atoms with van der Waals surface area (Å²) in [6, 6.07) is 15.7. The van der Waals surface area contributed by atoms with Crippen molar-refractivity contribution >= 4 is 28.2 Å². The van der Waals surface area contributed by atoms with Crippen LogP contribution in [-0.4, -0.2) is 27.7 Å². The Bertz CT molecular complexity index is 1180. The number of aliphatic hydroxyl groups excluding tert-OH is 1. The quantitative estimate of drug-likeness (QED) is 0.555. The normalized spacial score (nSPS) is 11.1. The molecule has 142 valence electrons. The smallest absolute Gasteiger partial charge is 0.411 e. The molecule has 4 aromatic rings. The summed E-state index contributed by atoms with van der Waals surface area (Å²) < 4.78 is 6.58. The van der Waals surface area contributed by atoms with Crippen molar-refractivity contribution < 1.29 is 14.6 Å². The lowest BCUT2D eigenvalue weighted by molar-refractivity contribution is 0.187. The molecule has 0 atom stereocenters. The van der Waals surface area contributed by atoms with Crippen molar-refractivity contribution in [3.8, 4) is 11.3 Å². The zero-order valence-corrected chi connectivity index (χ0v) is 15.8. The minimum Gasteiger partial charge on any atom is -0.453 e. The van der Waals surface area contributed by atoms with Crippen molar-refractivity contribution in [2.75, 3.05) is 12.4 Å². The van der Waals surface area contributed by atoms with Crippen molar-refractivity contribution in [2.45, 2.75) is 20.0 Å². The average Bonchev–Trinajstić information content (AvgIpc) is 3.12. The molecular formula is C22H21N3O3. The first-order chi connectivity index (χ1) is 13.7. The van der Waals surface area contributed by atoms with E-state index in [0.29, 0.717) is 5.69 Å². The largest absolute Gasteiger partial charge is 0.453 e. The molecule has 6 heteroatoms. The van der Waals surface area contributed by atoms with E-state index >= 15 is 0 Å². The van der Waals surface area contributed by atoms with E-state index in [1.54, 1.807) is 0 Å². The summed E-state index contributed by atoms with van der Waals surface area (Å²) in [5.41, 5.74) is 5.07. The van der Waals surface area contributed by atoms with E-state index in [1.807, 2.05) is 53.1 Å². The molecule has 28 heavy (non-hydrogen) atoms. The van der Waals surface area contributed by atoms with E-state index in [0.717, 1.165) is 39.8 Å². The molecular weight excluding hydrogens is 354 g/mol. The first-order valence-corrected chi connectivity index (χ1v) is 9.14. The van der Waals surface area contributed by atoms with Crippen molar-refractivity contribution in [3.05, 3.63) is 66.0 Å². The Morgan fingerprint density at radius 2 is 2.04 bits per heavy atom. The Kier molecular flexibility index (Phi) is 4.71. The molecule has 2 aromatic heterocycles.